The van der Waals surface area contributed by atoms with E-state index in [4.69, 9.17) is 5.11 Å². The fourth-order valence-electron chi connectivity index (χ4n) is 3.27. The summed E-state index contributed by atoms with van der Waals surface area (Å²) in [4.78, 5) is 36.7. The molecular formula is C21H26N4O4. The van der Waals surface area contributed by atoms with Crippen LogP contribution in [0.25, 0.3) is 5.69 Å². The molecule has 2 aromatic rings. The SMILES string of the molecule is Cc1nn(-c2ccc(C(=O)N(C)CC(=O)NC3CC3)cc2)c(C)c1CCC(=O)O. The summed E-state index contributed by atoms with van der Waals surface area (Å²) in [7, 11) is 1.61. The molecule has 0 spiro atoms. The number of aromatic nitrogens is 2. The van der Waals surface area contributed by atoms with Gasteiger partial charge in [0.15, 0.2) is 0 Å². The van der Waals surface area contributed by atoms with Crippen LogP contribution >= 0.6 is 0 Å². The average molecular weight is 398 g/mol. The third-order valence-electron chi connectivity index (χ3n) is 5.06. The van der Waals surface area contributed by atoms with Crippen molar-refractivity contribution in [3.05, 3.63) is 46.8 Å². The number of rotatable bonds is 8. The highest BCUT2D eigenvalue weighted by atomic mass is 16.4. The Labute approximate surface area is 169 Å². The molecule has 0 aliphatic heterocycles. The Hall–Kier alpha value is -3.16. The molecule has 2 N–H and O–H groups in total. The minimum atomic E-state index is -0.839. The molecule has 0 bridgehead atoms. The Bertz CT molecular complexity index is 929. The first-order chi connectivity index (χ1) is 13.8. The first-order valence-corrected chi connectivity index (χ1v) is 9.68. The molecule has 1 aromatic carbocycles. The van der Waals surface area contributed by atoms with Crippen LogP contribution in [0.15, 0.2) is 24.3 Å². The number of amides is 2. The summed E-state index contributed by atoms with van der Waals surface area (Å²) >= 11 is 0. The molecule has 1 heterocycles. The molecule has 2 amide bonds. The monoisotopic (exact) mass is 398 g/mol. The maximum absolute atomic E-state index is 12.6. The van der Waals surface area contributed by atoms with E-state index in [-0.39, 0.29) is 30.8 Å². The number of carboxylic acids is 1. The van der Waals surface area contributed by atoms with Crippen molar-refractivity contribution in [2.45, 2.75) is 45.6 Å². The summed E-state index contributed by atoms with van der Waals surface area (Å²) in [5.74, 6) is -1.20. The quantitative estimate of drug-likeness (QED) is 0.706. The summed E-state index contributed by atoms with van der Waals surface area (Å²) in [6.45, 7) is 3.80. The minimum Gasteiger partial charge on any atom is -0.481 e. The molecule has 3 rings (SSSR count). The third kappa shape index (κ3) is 5.01. The third-order valence-corrected chi connectivity index (χ3v) is 5.06. The number of hydrogen-bond acceptors (Lipinski definition) is 4. The van der Waals surface area contributed by atoms with Crippen molar-refractivity contribution in [2.75, 3.05) is 13.6 Å². The topological polar surface area (TPSA) is 105 Å². The van der Waals surface area contributed by atoms with E-state index in [0.29, 0.717) is 12.0 Å². The molecule has 0 atom stereocenters. The van der Waals surface area contributed by atoms with Crippen LogP contribution in [0.4, 0.5) is 0 Å². The van der Waals surface area contributed by atoms with Crippen molar-refractivity contribution in [3.63, 3.8) is 0 Å². The maximum Gasteiger partial charge on any atom is 0.303 e. The van der Waals surface area contributed by atoms with Gasteiger partial charge in [-0.1, -0.05) is 0 Å². The van der Waals surface area contributed by atoms with Gasteiger partial charge in [0.05, 0.1) is 17.9 Å². The summed E-state index contributed by atoms with van der Waals surface area (Å²) in [5.41, 5.74) is 3.89. The van der Waals surface area contributed by atoms with Crippen LogP contribution in [0.1, 0.15) is 46.6 Å². The van der Waals surface area contributed by atoms with E-state index in [9.17, 15) is 14.4 Å². The Morgan fingerprint density at radius 2 is 1.86 bits per heavy atom. The van der Waals surface area contributed by atoms with Crippen molar-refractivity contribution in [3.8, 4) is 5.69 Å². The Morgan fingerprint density at radius 3 is 2.45 bits per heavy atom. The lowest BCUT2D eigenvalue weighted by Crippen LogP contribution is -2.39. The number of carboxylic acid groups (broad SMARTS) is 1. The summed E-state index contributed by atoms with van der Waals surface area (Å²) in [6, 6.07) is 7.28. The van der Waals surface area contributed by atoms with E-state index in [2.05, 4.69) is 10.4 Å². The maximum atomic E-state index is 12.6. The molecule has 8 nitrogen and oxygen atoms in total. The largest absolute Gasteiger partial charge is 0.481 e. The van der Waals surface area contributed by atoms with Crippen LogP contribution in [-0.4, -0.2) is 57.2 Å². The lowest BCUT2D eigenvalue weighted by atomic mass is 10.1. The zero-order valence-corrected chi connectivity index (χ0v) is 16.9. The van der Waals surface area contributed by atoms with Crippen LogP contribution < -0.4 is 5.32 Å². The van der Waals surface area contributed by atoms with Crippen LogP contribution in [0.3, 0.4) is 0 Å². The van der Waals surface area contributed by atoms with Crippen LogP contribution in [0.5, 0.6) is 0 Å². The first kappa shape index (κ1) is 20.6. The van der Waals surface area contributed by atoms with Gasteiger partial charge in [-0.2, -0.15) is 5.10 Å². The second-order valence-corrected chi connectivity index (χ2v) is 7.50. The van der Waals surface area contributed by atoms with E-state index in [1.807, 2.05) is 13.8 Å². The number of likely N-dealkylation sites (N-methyl/N-ethyl adjacent to an activating group) is 1. The molecule has 1 saturated carbocycles. The Morgan fingerprint density at radius 1 is 1.21 bits per heavy atom. The van der Waals surface area contributed by atoms with Crippen molar-refractivity contribution in [2.24, 2.45) is 0 Å². The van der Waals surface area contributed by atoms with Gasteiger partial charge in [-0.25, -0.2) is 4.68 Å². The fraction of sp³-hybridized carbons (Fsp3) is 0.429. The van der Waals surface area contributed by atoms with Crippen LogP contribution in [0.2, 0.25) is 0 Å². The standard InChI is InChI=1S/C21H26N4O4/c1-13-18(10-11-20(27)28)14(2)25(23-13)17-8-4-15(5-9-17)21(29)24(3)12-19(26)22-16-6-7-16/h4-5,8-9,16H,6-7,10-12H2,1-3H3,(H,22,26)(H,27,28). The van der Waals surface area contributed by atoms with Crippen molar-refractivity contribution in [1.82, 2.24) is 20.0 Å². The highest BCUT2D eigenvalue weighted by molar-refractivity contribution is 5.96. The van der Waals surface area contributed by atoms with Gasteiger partial charge in [0.25, 0.3) is 5.91 Å². The zero-order chi connectivity index (χ0) is 21.1. The molecular weight excluding hydrogens is 372 g/mol. The molecule has 0 radical (unpaired) electrons. The van der Waals surface area contributed by atoms with Gasteiger partial charge < -0.3 is 15.3 Å². The predicted octanol–water partition coefficient (Wildman–Crippen LogP) is 1.86. The number of benzene rings is 1. The van der Waals surface area contributed by atoms with Gasteiger partial charge in [-0.15, -0.1) is 0 Å². The van der Waals surface area contributed by atoms with Gasteiger partial charge in [0, 0.05) is 30.8 Å². The highest BCUT2D eigenvalue weighted by Gasteiger charge is 2.24. The Balaban J connectivity index is 1.69. The molecule has 0 unspecified atom stereocenters. The number of aliphatic carboxylic acids is 1. The lowest BCUT2D eigenvalue weighted by Gasteiger charge is -2.17. The number of nitrogens with one attached hydrogen (secondary N) is 1. The van der Waals surface area contributed by atoms with Crippen molar-refractivity contribution in [1.29, 1.82) is 0 Å². The van der Waals surface area contributed by atoms with E-state index in [1.165, 1.54) is 4.90 Å². The van der Waals surface area contributed by atoms with Gasteiger partial charge in [0.1, 0.15) is 0 Å². The smallest absolute Gasteiger partial charge is 0.303 e. The average Bonchev–Trinajstić information content (AvgIpc) is 3.44. The van der Waals surface area contributed by atoms with Crippen LogP contribution in [0, 0.1) is 13.8 Å². The van der Waals surface area contributed by atoms with E-state index in [1.54, 1.807) is 36.0 Å². The summed E-state index contributed by atoms with van der Waals surface area (Å²) in [5, 5.41) is 16.3. The van der Waals surface area contributed by atoms with E-state index in [0.717, 1.165) is 35.5 Å². The van der Waals surface area contributed by atoms with Gasteiger partial charge in [-0.3, -0.25) is 14.4 Å². The summed E-state index contributed by atoms with van der Waals surface area (Å²) in [6.07, 6.45) is 2.50. The normalized spacial score (nSPS) is 13.2. The molecule has 0 saturated heterocycles. The Kier molecular flexibility index (Phi) is 6.00. The molecule has 8 heteroatoms. The molecule has 1 aliphatic carbocycles. The number of nitrogens with zero attached hydrogens (tertiary/aromatic N) is 3. The number of carbonyl (C=O) groups is 3. The first-order valence-electron chi connectivity index (χ1n) is 9.68. The van der Waals surface area contributed by atoms with E-state index >= 15 is 0 Å². The van der Waals surface area contributed by atoms with Crippen molar-refractivity contribution < 1.29 is 19.5 Å². The zero-order valence-electron chi connectivity index (χ0n) is 16.9. The lowest BCUT2D eigenvalue weighted by molar-refractivity contribution is -0.137. The second-order valence-electron chi connectivity index (χ2n) is 7.50. The minimum absolute atomic E-state index is 0.0292. The molecule has 1 aromatic heterocycles. The second kappa shape index (κ2) is 8.46. The van der Waals surface area contributed by atoms with Crippen molar-refractivity contribution >= 4 is 17.8 Å². The number of hydrogen-bond donors (Lipinski definition) is 2. The molecule has 1 fully saturated rings. The molecule has 154 valence electrons. The molecule has 29 heavy (non-hydrogen) atoms. The van der Waals surface area contributed by atoms with Gasteiger partial charge in [0.2, 0.25) is 5.91 Å². The van der Waals surface area contributed by atoms with Crippen LogP contribution in [-0.2, 0) is 16.0 Å². The van der Waals surface area contributed by atoms with Gasteiger partial charge in [-0.05, 0) is 62.9 Å². The summed E-state index contributed by atoms with van der Waals surface area (Å²) < 4.78 is 1.76. The predicted molar refractivity (Wildman–Crippen MR) is 107 cm³/mol. The fourth-order valence-corrected chi connectivity index (χ4v) is 3.27. The molecule has 1 aliphatic rings. The number of carbonyl (C=O) groups excluding carboxylic acids is 2. The van der Waals surface area contributed by atoms with E-state index < -0.39 is 5.97 Å². The highest BCUT2D eigenvalue weighted by Crippen LogP contribution is 2.20. The number of aryl methyl sites for hydroxylation is 1. The van der Waals surface area contributed by atoms with Gasteiger partial charge >= 0.3 is 5.97 Å².